The lowest BCUT2D eigenvalue weighted by molar-refractivity contribution is -0.255. The number of carboxylic acid groups (broad SMARTS) is 1. The molecule has 0 saturated heterocycles. The van der Waals surface area contributed by atoms with Crippen molar-refractivity contribution in [1.82, 2.24) is 5.32 Å². The van der Waals surface area contributed by atoms with Gasteiger partial charge < -0.3 is 25.3 Å². The summed E-state index contributed by atoms with van der Waals surface area (Å²) in [5, 5.41) is 17.1. The first kappa shape index (κ1) is 18.4. The summed E-state index contributed by atoms with van der Waals surface area (Å²) < 4.78 is 4.92. The fourth-order valence-electron chi connectivity index (χ4n) is 2.02. The molecule has 0 fully saturated rings. The van der Waals surface area contributed by atoms with Crippen molar-refractivity contribution in [2.45, 2.75) is 13.5 Å². The first-order chi connectivity index (χ1) is 12.0. The molecule has 0 bridgehead atoms. The number of rotatable bonds is 6. The summed E-state index contributed by atoms with van der Waals surface area (Å²) in [4.78, 5) is 22.3. The fourth-order valence-corrected chi connectivity index (χ4v) is 2.21. The molecule has 0 heterocycles. The zero-order valence-corrected chi connectivity index (χ0v) is 14.4. The van der Waals surface area contributed by atoms with Gasteiger partial charge in [0.1, 0.15) is 0 Å². The zero-order valence-electron chi connectivity index (χ0n) is 13.6. The number of aromatic carboxylic acids is 1. The molecule has 0 unspecified atom stereocenters. The van der Waals surface area contributed by atoms with Crippen molar-refractivity contribution in [3.63, 3.8) is 0 Å². The number of benzene rings is 2. The van der Waals surface area contributed by atoms with Crippen LogP contribution in [0.2, 0.25) is 0 Å². The molecule has 0 aromatic heterocycles. The molecular weight excluding hydrogens is 340 g/mol. The Hall–Kier alpha value is -2.93. The molecule has 2 aromatic carbocycles. The van der Waals surface area contributed by atoms with Crippen LogP contribution in [0.4, 0.5) is 5.69 Å². The maximum Gasteiger partial charge on any atom is 0.338 e. The van der Waals surface area contributed by atoms with E-state index in [2.05, 4.69) is 10.6 Å². The van der Waals surface area contributed by atoms with Crippen molar-refractivity contribution >= 4 is 35.0 Å². The summed E-state index contributed by atoms with van der Waals surface area (Å²) in [6, 6.07) is 13.1. The Morgan fingerprint density at radius 2 is 1.64 bits per heavy atom. The first-order valence-corrected chi connectivity index (χ1v) is 8.02. The van der Waals surface area contributed by atoms with E-state index in [0.717, 1.165) is 11.3 Å². The molecule has 0 saturated carbocycles. The normalized spacial score (nSPS) is 9.96. The Kier molecular flexibility index (Phi) is 6.47. The third kappa shape index (κ3) is 5.58. The third-order valence-electron chi connectivity index (χ3n) is 3.30. The summed E-state index contributed by atoms with van der Waals surface area (Å²) in [6.45, 7) is 2.53. The van der Waals surface area contributed by atoms with Gasteiger partial charge in [-0.05, 0) is 54.5 Å². The highest BCUT2D eigenvalue weighted by Crippen LogP contribution is 2.11. The van der Waals surface area contributed by atoms with Gasteiger partial charge in [-0.15, -0.1) is 0 Å². The standard InChI is InChI=1S/C18H18N2O4S/c1-2-24-17(23)14-7-9-15(10-8-14)20-18(25)19-11-12-3-5-13(6-4-12)16(21)22/h3-10H,2,11H2,1H3,(H,21,22)(H2,19,20,25)/p-1. The van der Waals surface area contributed by atoms with E-state index in [0.29, 0.717) is 23.8 Å². The van der Waals surface area contributed by atoms with E-state index < -0.39 is 5.97 Å². The van der Waals surface area contributed by atoms with E-state index in [1.54, 1.807) is 43.3 Å². The smallest absolute Gasteiger partial charge is 0.338 e. The lowest BCUT2D eigenvalue weighted by Crippen LogP contribution is -2.28. The minimum atomic E-state index is -1.21. The van der Waals surface area contributed by atoms with Crippen molar-refractivity contribution in [3.05, 3.63) is 65.2 Å². The molecule has 0 spiro atoms. The molecule has 7 heteroatoms. The quantitative estimate of drug-likeness (QED) is 0.601. The Morgan fingerprint density at radius 3 is 2.20 bits per heavy atom. The van der Waals surface area contributed by atoms with Gasteiger partial charge in [0.15, 0.2) is 5.11 Å². The predicted molar refractivity (Wildman–Crippen MR) is 96.2 cm³/mol. The van der Waals surface area contributed by atoms with Crippen LogP contribution in [0.3, 0.4) is 0 Å². The topological polar surface area (TPSA) is 90.5 Å². The lowest BCUT2D eigenvalue weighted by Gasteiger charge is -2.11. The van der Waals surface area contributed by atoms with Gasteiger partial charge >= 0.3 is 5.97 Å². The van der Waals surface area contributed by atoms with Crippen LogP contribution in [0.15, 0.2) is 48.5 Å². The fraction of sp³-hybridized carbons (Fsp3) is 0.167. The van der Waals surface area contributed by atoms with E-state index >= 15 is 0 Å². The second-order valence-corrected chi connectivity index (χ2v) is 5.50. The molecular formula is C18H17N2O4S-. The van der Waals surface area contributed by atoms with Gasteiger partial charge in [-0.3, -0.25) is 0 Å². The highest BCUT2D eigenvalue weighted by atomic mass is 32.1. The maximum atomic E-state index is 11.6. The molecule has 2 rings (SSSR count). The monoisotopic (exact) mass is 357 g/mol. The number of nitrogens with one attached hydrogen (secondary N) is 2. The SMILES string of the molecule is CCOC(=O)c1ccc(NC(=S)NCc2ccc(C(=O)[O-])cc2)cc1. The van der Waals surface area contributed by atoms with Gasteiger partial charge in [0, 0.05) is 12.2 Å². The highest BCUT2D eigenvalue weighted by Gasteiger charge is 2.06. The predicted octanol–water partition coefficient (Wildman–Crippen LogP) is 1.71. The summed E-state index contributed by atoms with van der Waals surface area (Å²) >= 11 is 5.21. The van der Waals surface area contributed by atoms with Crippen molar-refractivity contribution in [2.24, 2.45) is 0 Å². The van der Waals surface area contributed by atoms with E-state index in [1.807, 2.05) is 0 Å². The molecule has 130 valence electrons. The zero-order chi connectivity index (χ0) is 18.2. The molecule has 2 N–H and O–H groups in total. The van der Waals surface area contributed by atoms with Crippen molar-refractivity contribution in [1.29, 1.82) is 0 Å². The number of ether oxygens (including phenoxy) is 1. The van der Waals surface area contributed by atoms with Crippen LogP contribution < -0.4 is 15.7 Å². The molecule has 0 amide bonds. The minimum Gasteiger partial charge on any atom is -0.545 e. The third-order valence-corrected chi connectivity index (χ3v) is 3.54. The molecule has 0 aliphatic rings. The number of carbonyl (C=O) groups is 2. The van der Waals surface area contributed by atoms with Crippen LogP contribution in [0, 0.1) is 0 Å². The van der Waals surface area contributed by atoms with Crippen LogP contribution in [0.25, 0.3) is 0 Å². The maximum absolute atomic E-state index is 11.6. The Morgan fingerprint density at radius 1 is 1.04 bits per heavy atom. The van der Waals surface area contributed by atoms with Gasteiger partial charge in [0.25, 0.3) is 0 Å². The number of esters is 1. The van der Waals surface area contributed by atoms with Gasteiger partial charge in [-0.1, -0.05) is 24.3 Å². The summed E-state index contributed by atoms with van der Waals surface area (Å²) in [5.41, 5.74) is 2.22. The average molecular weight is 357 g/mol. The number of carboxylic acids is 1. The van der Waals surface area contributed by atoms with Crippen LogP contribution in [0.5, 0.6) is 0 Å². The van der Waals surface area contributed by atoms with Crippen molar-refractivity contribution in [3.8, 4) is 0 Å². The molecule has 0 aliphatic carbocycles. The largest absolute Gasteiger partial charge is 0.545 e. The average Bonchev–Trinajstić information content (AvgIpc) is 2.61. The van der Waals surface area contributed by atoms with E-state index in [-0.39, 0.29) is 11.5 Å². The Balaban J connectivity index is 1.85. The number of anilines is 1. The van der Waals surface area contributed by atoms with Crippen LogP contribution in [0.1, 0.15) is 33.2 Å². The van der Waals surface area contributed by atoms with Crippen LogP contribution in [-0.4, -0.2) is 23.7 Å². The van der Waals surface area contributed by atoms with E-state index in [1.165, 1.54) is 12.1 Å². The van der Waals surface area contributed by atoms with Gasteiger partial charge in [0.2, 0.25) is 0 Å². The molecule has 6 nitrogen and oxygen atoms in total. The van der Waals surface area contributed by atoms with Gasteiger partial charge in [0.05, 0.1) is 18.1 Å². The van der Waals surface area contributed by atoms with E-state index in [4.69, 9.17) is 17.0 Å². The summed E-state index contributed by atoms with van der Waals surface area (Å²) in [5.74, 6) is -1.57. The number of thiocarbonyl (C=S) groups is 1. The van der Waals surface area contributed by atoms with Gasteiger partial charge in [-0.2, -0.15) is 0 Å². The van der Waals surface area contributed by atoms with Gasteiger partial charge in [-0.25, -0.2) is 4.79 Å². The molecule has 25 heavy (non-hydrogen) atoms. The summed E-state index contributed by atoms with van der Waals surface area (Å²) in [6.07, 6.45) is 0. The van der Waals surface area contributed by atoms with Crippen LogP contribution >= 0.6 is 12.2 Å². The van der Waals surface area contributed by atoms with E-state index in [9.17, 15) is 14.7 Å². The Labute approximate surface area is 150 Å². The first-order valence-electron chi connectivity index (χ1n) is 7.62. The highest BCUT2D eigenvalue weighted by molar-refractivity contribution is 7.80. The second-order valence-electron chi connectivity index (χ2n) is 5.09. The van der Waals surface area contributed by atoms with Crippen LogP contribution in [-0.2, 0) is 11.3 Å². The molecule has 0 atom stereocenters. The number of carbonyl (C=O) groups excluding carboxylic acids is 2. The van der Waals surface area contributed by atoms with Crippen molar-refractivity contribution in [2.75, 3.05) is 11.9 Å². The second kappa shape index (κ2) is 8.79. The summed E-state index contributed by atoms with van der Waals surface area (Å²) in [7, 11) is 0. The lowest BCUT2D eigenvalue weighted by atomic mass is 10.1. The molecule has 2 aromatic rings. The number of hydrogen-bond donors (Lipinski definition) is 2. The number of hydrogen-bond acceptors (Lipinski definition) is 5. The van der Waals surface area contributed by atoms with Crippen molar-refractivity contribution < 1.29 is 19.4 Å². The Bertz CT molecular complexity index is 758. The molecule has 0 aliphatic heterocycles. The minimum absolute atomic E-state index is 0.131. The molecule has 0 radical (unpaired) electrons.